The molecule has 37 heavy (non-hydrogen) atoms. The number of aromatic nitrogens is 1. The second-order valence-corrected chi connectivity index (χ2v) is 10.8. The van der Waals surface area contributed by atoms with Crippen LogP contribution in [0.2, 0.25) is 5.02 Å². The molecule has 0 aliphatic carbocycles. The lowest BCUT2D eigenvalue weighted by molar-refractivity contribution is -0.133. The predicted molar refractivity (Wildman–Crippen MR) is 137 cm³/mol. The highest BCUT2D eigenvalue weighted by Crippen LogP contribution is 2.35. The van der Waals surface area contributed by atoms with Gasteiger partial charge in [0.25, 0.3) is 11.8 Å². The summed E-state index contributed by atoms with van der Waals surface area (Å²) in [5, 5.41) is 0.201. The molecule has 1 fully saturated rings. The Labute approximate surface area is 219 Å². The van der Waals surface area contributed by atoms with Gasteiger partial charge in [0.05, 0.1) is 11.2 Å². The van der Waals surface area contributed by atoms with Gasteiger partial charge in [0, 0.05) is 31.2 Å². The molecule has 0 unspecified atom stereocenters. The number of oxazole rings is 1. The number of benzene rings is 2. The van der Waals surface area contributed by atoms with Gasteiger partial charge in [0.15, 0.2) is 12.4 Å². The van der Waals surface area contributed by atoms with Gasteiger partial charge in [-0.25, -0.2) is 8.42 Å². The summed E-state index contributed by atoms with van der Waals surface area (Å²) < 4.78 is 44.0. The van der Waals surface area contributed by atoms with Crippen LogP contribution in [0.15, 0.2) is 85.7 Å². The second kappa shape index (κ2) is 10.3. The molecule has 0 saturated carbocycles. The molecule has 0 bridgehead atoms. The zero-order valence-corrected chi connectivity index (χ0v) is 21.5. The van der Waals surface area contributed by atoms with Crippen molar-refractivity contribution in [2.75, 3.05) is 37.7 Å². The van der Waals surface area contributed by atoms with Crippen LogP contribution in [-0.2, 0) is 14.6 Å². The fourth-order valence-electron chi connectivity index (χ4n) is 4.00. The Morgan fingerprint density at radius 1 is 1.05 bits per heavy atom. The maximum Gasteiger partial charge on any atom is 0.266 e. The normalized spacial score (nSPS) is 14.1. The van der Waals surface area contributed by atoms with Gasteiger partial charge in [-0.3, -0.25) is 4.79 Å². The van der Waals surface area contributed by atoms with Crippen molar-refractivity contribution in [2.24, 2.45) is 0 Å². The minimum atomic E-state index is -4.03. The predicted octanol–water partition coefficient (Wildman–Crippen LogP) is 4.46. The van der Waals surface area contributed by atoms with E-state index in [1.165, 1.54) is 30.5 Å². The molecule has 3 heterocycles. The summed E-state index contributed by atoms with van der Waals surface area (Å²) in [6.45, 7) is 3.32. The maximum absolute atomic E-state index is 13.5. The van der Waals surface area contributed by atoms with Gasteiger partial charge in [-0.05, 0) is 61.0 Å². The number of carbonyl (C=O) groups is 1. The largest absolute Gasteiger partial charge is 0.484 e. The van der Waals surface area contributed by atoms with E-state index in [-0.39, 0.29) is 34.2 Å². The number of sulfone groups is 1. The van der Waals surface area contributed by atoms with Crippen LogP contribution in [-0.4, -0.2) is 57.0 Å². The van der Waals surface area contributed by atoms with Gasteiger partial charge in [-0.15, -0.1) is 0 Å². The summed E-state index contributed by atoms with van der Waals surface area (Å²) in [4.78, 5) is 20.5. The van der Waals surface area contributed by atoms with Crippen LogP contribution in [0.3, 0.4) is 0 Å². The quantitative estimate of drug-likeness (QED) is 0.338. The van der Waals surface area contributed by atoms with Crippen molar-refractivity contribution in [2.45, 2.75) is 16.8 Å². The molecule has 2 aromatic heterocycles. The average molecular weight is 542 g/mol. The fraction of sp³-hybridized carbons (Fsp3) is 0.231. The minimum Gasteiger partial charge on any atom is -0.484 e. The lowest BCUT2D eigenvalue weighted by Gasteiger charge is -2.34. The molecule has 1 saturated heterocycles. The molecular formula is C26H24ClN3O6S. The number of halogens is 1. The zero-order chi connectivity index (χ0) is 26.0. The number of carbonyl (C=O) groups excluding carboxylic acids is 1. The van der Waals surface area contributed by atoms with E-state index in [1.54, 1.807) is 28.0 Å². The highest BCUT2D eigenvalue weighted by Gasteiger charge is 2.34. The van der Waals surface area contributed by atoms with Crippen molar-refractivity contribution in [1.82, 2.24) is 9.88 Å². The Hall–Kier alpha value is -3.76. The molecule has 2 aromatic carbocycles. The van der Waals surface area contributed by atoms with Crippen molar-refractivity contribution in [3.8, 4) is 17.4 Å². The molecule has 11 heteroatoms. The first-order chi connectivity index (χ1) is 17.8. The number of anilines is 1. The van der Waals surface area contributed by atoms with E-state index in [0.717, 1.165) is 5.56 Å². The first-order valence-electron chi connectivity index (χ1n) is 11.6. The molecule has 192 valence electrons. The van der Waals surface area contributed by atoms with E-state index in [2.05, 4.69) is 4.98 Å². The first kappa shape index (κ1) is 24.9. The van der Waals surface area contributed by atoms with Gasteiger partial charge >= 0.3 is 0 Å². The number of furan rings is 1. The Morgan fingerprint density at radius 2 is 1.81 bits per heavy atom. The number of amides is 1. The van der Waals surface area contributed by atoms with Gasteiger partial charge < -0.3 is 23.4 Å². The van der Waals surface area contributed by atoms with Gasteiger partial charge in [0.2, 0.25) is 20.7 Å². The molecule has 0 radical (unpaired) electrons. The SMILES string of the molecule is Cc1cccc(OCC(=O)N2CCN(c3oc(-c4ccco4)nc3S(=O)(=O)c3ccc(Cl)cc3)CC2)c1. The summed E-state index contributed by atoms with van der Waals surface area (Å²) in [5.41, 5.74) is 1.05. The Bertz CT molecular complexity index is 1490. The van der Waals surface area contributed by atoms with Gasteiger partial charge in [0.1, 0.15) is 5.75 Å². The van der Waals surface area contributed by atoms with Crippen molar-refractivity contribution in [1.29, 1.82) is 0 Å². The van der Waals surface area contributed by atoms with Gasteiger partial charge in [-0.2, -0.15) is 4.98 Å². The summed E-state index contributed by atoms with van der Waals surface area (Å²) in [6.07, 6.45) is 1.45. The molecule has 0 atom stereocenters. The van der Waals surface area contributed by atoms with E-state index in [9.17, 15) is 13.2 Å². The Morgan fingerprint density at radius 3 is 2.49 bits per heavy atom. The van der Waals surface area contributed by atoms with Crippen LogP contribution in [0.5, 0.6) is 5.75 Å². The molecular weight excluding hydrogens is 518 g/mol. The van der Waals surface area contributed by atoms with Crippen LogP contribution >= 0.6 is 11.6 Å². The van der Waals surface area contributed by atoms with Crippen LogP contribution in [0.25, 0.3) is 11.7 Å². The van der Waals surface area contributed by atoms with Gasteiger partial charge in [-0.1, -0.05) is 23.7 Å². The number of rotatable bonds is 7. The molecule has 0 spiro atoms. The number of nitrogens with zero attached hydrogens (tertiary/aromatic N) is 3. The monoisotopic (exact) mass is 541 g/mol. The Kier molecular flexibility index (Phi) is 6.94. The zero-order valence-electron chi connectivity index (χ0n) is 20.0. The van der Waals surface area contributed by atoms with Crippen molar-refractivity contribution in [3.05, 3.63) is 77.5 Å². The maximum atomic E-state index is 13.5. The molecule has 4 aromatic rings. The second-order valence-electron chi connectivity index (χ2n) is 8.54. The third-order valence-electron chi connectivity index (χ3n) is 5.96. The lowest BCUT2D eigenvalue weighted by Crippen LogP contribution is -2.50. The smallest absolute Gasteiger partial charge is 0.266 e. The topological polar surface area (TPSA) is 106 Å². The average Bonchev–Trinajstić information content (AvgIpc) is 3.59. The summed E-state index contributed by atoms with van der Waals surface area (Å²) in [5.74, 6) is 0.947. The molecule has 0 N–H and O–H groups in total. The highest BCUT2D eigenvalue weighted by molar-refractivity contribution is 7.91. The number of ether oxygens (including phenoxy) is 1. The minimum absolute atomic E-state index is 0.0413. The van der Waals surface area contributed by atoms with E-state index in [4.69, 9.17) is 25.2 Å². The van der Waals surface area contributed by atoms with Crippen LogP contribution in [0.4, 0.5) is 5.88 Å². The van der Waals surface area contributed by atoms with Crippen LogP contribution in [0.1, 0.15) is 5.56 Å². The van der Waals surface area contributed by atoms with E-state index in [0.29, 0.717) is 42.7 Å². The van der Waals surface area contributed by atoms with Crippen molar-refractivity contribution < 1.29 is 26.8 Å². The number of aryl methyl sites for hydroxylation is 1. The van der Waals surface area contributed by atoms with E-state index < -0.39 is 9.84 Å². The van der Waals surface area contributed by atoms with Crippen LogP contribution < -0.4 is 9.64 Å². The van der Waals surface area contributed by atoms with E-state index in [1.807, 2.05) is 25.1 Å². The molecule has 1 amide bonds. The summed E-state index contributed by atoms with van der Waals surface area (Å²) in [6, 6.07) is 16.7. The molecule has 9 nitrogen and oxygen atoms in total. The van der Waals surface area contributed by atoms with Crippen molar-refractivity contribution >= 4 is 33.2 Å². The van der Waals surface area contributed by atoms with Crippen molar-refractivity contribution in [3.63, 3.8) is 0 Å². The van der Waals surface area contributed by atoms with Crippen LogP contribution in [0, 0.1) is 6.92 Å². The summed E-state index contributed by atoms with van der Waals surface area (Å²) in [7, 11) is -4.03. The standard InChI is InChI=1S/C26H24ClN3O6S/c1-18-4-2-5-20(16-18)35-17-23(31)29-11-13-30(14-12-29)26-25(28-24(36-26)22-6-3-15-34-22)37(32,33)21-9-7-19(27)8-10-21/h2-10,15-16H,11-14,17H2,1H3. The first-order valence-corrected chi connectivity index (χ1v) is 13.4. The number of piperazine rings is 1. The number of hydrogen-bond acceptors (Lipinski definition) is 8. The highest BCUT2D eigenvalue weighted by atomic mass is 35.5. The molecule has 1 aliphatic heterocycles. The Balaban J connectivity index is 1.34. The van der Waals surface area contributed by atoms with E-state index >= 15 is 0 Å². The third kappa shape index (κ3) is 5.35. The third-order valence-corrected chi connectivity index (χ3v) is 7.88. The molecule has 5 rings (SSSR count). The lowest BCUT2D eigenvalue weighted by atomic mass is 10.2. The fourth-order valence-corrected chi connectivity index (χ4v) is 5.45. The molecule has 1 aliphatic rings. The number of hydrogen-bond donors (Lipinski definition) is 0. The summed E-state index contributed by atoms with van der Waals surface area (Å²) >= 11 is 5.95.